The smallest absolute Gasteiger partial charge is 0.264 e. The fourth-order valence-electron chi connectivity index (χ4n) is 1.06. The van der Waals surface area contributed by atoms with Gasteiger partial charge in [-0.15, -0.1) is 0 Å². The summed E-state index contributed by atoms with van der Waals surface area (Å²) in [5.74, 6) is -1.44. The first-order valence-corrected chi connectivity index (χ1v) is 3.86. The highest BCUT2D eigenvalue weighted by atomic mass is 19.3. The molecule has 0 atom stereocenters. The normalized spacial score (nSPS) is 10.4. The largest absolute Gasteiger partial charge is 0.355 e. The molecular formula is C9H8F3NO. The molecule has 0 bridgehead atoms. The van der Waals surface area contributed by atoms with Crippen LogP contribution < -0.4 is 5.32 Å². The van der Waals surface area contributed by atoms with Crippen molar-refractivity contribution in [3.05, 3.63) is 35.1 Å². The maximum atomic E-state index is 12.6. The van der Waals surface area contributed by atoms with Crippen molar-refractivity contribution < 1.29 is 18.0 Å². The molecule has 2 nitrogen and oxygen atoms in total. The van der Waals surface area contributed by atoms with E-state index in [2.05, 4.69) is 5.32 Å². The minimum absolute atomic E-state index is 0.205. The summed E-state index contributed by atoms with van der Waals surface area (Å²) in [5, 5.41) is 2.20. The molecule has 5 heteroatoms. The molecule has 1 amide bonds. The molecule has 0 heterocycles. The molecule has 0 radical (unpaired) electrons. The van der Waals surface area contributed by atoms with Crippen LogP contribution in [0.2, 0.25) is 0 Å². The van der Waals surface area contributed by atoms with Gasteiger partial charge in [0.25, 0.3) is 12.3 Å². The van der Waals surface area contributed by atoms with Gasteiger partial charge in [-0.25, -0.2) is 13.2 Å². The van der Waals surface area contributed by atoms with E-state index in [-0.39, 0.29) is 5.56 Å². The number of hydrogen-bond acceptors (Lipinski definition) is 1. The van der Waals surface area contributed by atoms with Gasteiger partial charge in [-0.1, -0.05) is 0 Å². The third-order valence-electron chi connectivity index (χ3n) is 1.72. The van der Waals surface area contributed by atoms with Crippen LogP contribution in [0.15, 0.2) is 18.2 Å². The van der Waals surface area contributed by atoms with E-state index in [1.165, 1.54) is 7.05 Å². The SMILES string of the molecule is CNC(=O)c1ccc(F)cc1C(F)F. The maximum Gasteiger partial charge on any atom is 0.264 e. The standard InChI is InChI=1S/C9H8F3NO/c1-13-9(14)6-3-2-5(10)4-7(6)8(11)12/h2-4,8H,1H3,(H,13,14). The van der Waals surface area contributed by atoms with Crippen LogP contribution in [0.1, 0.15) is 22.3 Å². The summed E-state index contributed by atoms with van der Waals surface area (Å²) in [5.41, 5.74) is -0.798. The lowest BCUT2D eigenvalue weighted by Gasteiger charge is -2.06. The molecule has 1 N–H and O–H groups in total. The van der Waals surface area contributed by atoms with Crippen LogP contribution in [0.5, 0.6) is 0 Å². The molecule has 0 aliphatic rings. The molecule has 76 valence electrons. The lowest BCUT2D eigenvalue weighted by atomic mass is 10.1. The van der Waals surface area contributed by atoms with Gasteiger partial charge in [-0.05, 0) is 18.2 Å². The average Bonchev–Trinajstić information content (AvgIpc) is 2.16. The van der Waals surface area contributed by atoms with Crippen LogP contribution in [0.3, 0.4) is 0 Å². The van der Waals surface area contributed by atoms with Gasteiger partial charge in [0.05, 0.1) is 0 Å². The Kier molecular flexibility index (Phi) is 3.11. The van der Waals surface area contributed by atoms with Crippen LogP contribution in [-0.2, 0) is 0 Å². The molecule has 0 fully saturated rings. The maximum absolute atomic E-state index is 12.6. The highest BCUT2D eigenvalue weighted by molar-refractivity contribution is 5.95. The van der Waals surface area contributed by atoms with Crippen molar-refractivity contribution >= 4 is 5.91 Å². The van der Waals surface area contributed by atoms with Crippen molar-refractivity contribution in [3.8, 4) is 0 Å². The molecular weight excluding hydrogens is 195 g/mol. The summed E-state index contributed by atoms with van der Waals surface area (Å²) in [4.78, 5) is 11.1. The Morgan fingerprint density at radius 3 is 2.57 bits per heavy atom. The second kappa shape index (κ2) is 4.13. The summed E-state index contributed by atoms with van der Waals surface area (Å²) in [6, 6.07) is 2.67. The molecule has 1 rings (SSSR count). The van der Waals surface area contributed by atoms with E-state index in [1.54, 1.807) is 0 Å². The number of carbonyl (C=O) groups is 1. The van der Waals surface area contributed by atoms with Gasteiger partial charge in [0.1, 0.15) is 5.82 Å². The molecule has 0 spiro atoms. The summed E-state index contributed by atoms with van der Waals surface area (Å²) >= 11 is 0. The molecule has 0 saturated carbocycles. The van der Waals surface area contributed by atoms with E-state index in [0.717, 1.165) is 12.1 Å². The number of amides is 1. The summed E-state index contributed by atoms with van der Waals surface area (Å²) < 4.78 is 37.3. The third-order valence-corrected chi connectivity index (χ3v) is 1.72. The minimum Gasteiger partial charge on any atom is -0.355 e. The van der Waals surface area contributed by atoms with Crippen LogP contribution in [-0.4, -0.2) is 13.0 Å². The zero-order chi connectivity index (χ0) is 10.7. The number of alkyl halides is 2. The zero-order valence-corrected chi connectivity index (χ0v) is 7.35. The number of hydrogen-bond donors (Lipinski definition) is 1. The Morgan fingerprint density at radius 2 is 2.07 bits per heavy atom. The van der Waals surface area contributed by atoms with Crippen molar-refractivity contribution in [2.75, 3.05) is 7.05 Å². The van der Waals surface area contributed by atoms with Crippen LogP contribution >= 0.6 is 0 Å². The van der Waals surface area contributed by atoms with E-state index in [1.807, 2.05) is 0 Å². The first-order valence-electron chi connectivity index (χ1n) is 3.86. The summed E-state index contributed by atoms with van der Waals surface area (Å²) in [6.07, 6.45) is -2.86. The van der Waals surface area contributed by atoms with Crippen molar-refractivity contribution in [1.82, 2.24) is 5.32 Å². The first-order chi connectivity index (χ1) is 6.56. The van der Waals surface area contributed by atoms with Gasteiger partial charge >= 0.3 is 0 Å². The Balaban J connectivity index is 3.21. The predicted octanol–water partition coefficient (Wildman–Crippen LogP) is 2.12. The van der Waals surface area contributed by atoms with E-state index in [4.69, 9.17) is 0 Å². The third kappa shape index (κ3) is 2.04. The highest BCUT2D eigenvalue weighted by Crippen LogP contribution is 2.23. The van der Waals surface area contributed by atoms with Crippen LogP contribution in [0.25, 0.3) is 0 Å². The van der Waals surface area contributed by atoms with Gasteiger partial charge < -0.3 is 5.32 Å². The van der Waals surface area contributed by atoms with Crippen molar-refractivity contribution in [2.24, 2.45) is 0 Å². The molecule has 0 saturated heterocycles. The number of halogens is 3. The average molecular weight is 203 g/mol. The zero-order valence-electron chi connectivity index (χ0n) is 7.35. The molecule has 0 aliphatic heterocycles. The molecule has 0 unspecified atom stereocenters. The Labute approximate surface area is 78.7 Å². The molecule has 14 heavy (non-hydrogen) atoms. The van der Waals surface area contributed by atoms with E-state index >= 15 is 0 Å². The topological polar surface area (TPSA) is 29.1 Å². The summed E-state index contributed by atoms with van der Waals surface area (Å²) in [6.45, 7) is 0. The second-order valence-corrected chi connectivity index (χ2v) is 2.61. The van der Waals surface area contributed by atoms with E-state index in [0.29, 0.717) is 6.07 Å². The van der Waals surface area contributed by atoms with Gasteiger partial charge in [0.2, 0.25) is 0 Å². The summed E-state index contributed by atoms with van der Waals surface area (Å²) in [7, 11) is 1.32. The van der Waals surface area contributed by atoms with Gasteiger partial charge in [-0.2, -0.15) is 0 Å². The van der Waals surface area contributed by atoms with Gasteiger partial charge in [-0.3, -0.25) is 4.79 Å². The predicted molar refractivity (Wildman–Crippen MR) is 44.7 cm³/mol. The molecule has 1 aromatic carbocycles. The monoisotopic (exact) mass is 203 g/mol. The number of benzene rings is 1. The lowest BCUT2D eigenvalue weighted by molar-refractivity contribution is 0.0949. The van der Waals surface area contributed by atoms with Crippen molar-refractivity contribution in [3.63, 3.8) is 0 Å². The lowest BCUT2D eigenvalue weighted by Crippen LogP contribution is -2.19. The quantitative estimate of drug-likeness (QED) is 0.783. The van der Waals surface area contributed by atoms with Crippen LogP contribution in [0, 0.1) is 5.82 Å². The van der Waals surface area contributed by atoms with Gasteiger partial charge in [0, 0.05) is 18.2 Å². The van der Waals surface area contributed by atoms with E-state index < -0.39 is 23.7 Å². The molecule has 1 aromatic rings. The van der Waals surface area contributed by atoms with E-state index in [9.17, 15) is 18.0 Å². The second-order valence-electron chi connectivity index (χ2n) is 2.61. The minimum atomic E-state index is -2.86. The van der Waals surface area contributed by atoms with Crippen LogP contribution in [0.4, 0.5) is 13.2 Å². The fourth-order valence-corrected chi connectivity index (χ4v) is 1.06. The first kappa shape index (κ1) is 10.6. The highest BCUT2D eigenvalue weighted by Gasteiger charge is 2.17. The van der Waals surface area contributed by atoms with Crippen molar-refractivity contribution in [2.45, 2.75) is 6.43 Å². The van der Waals surface area contributed by atoms with Crippen molar-refractivity contribution in [1.29, 1.82) is 0 Å². The Bertz CT molecular complexity index is 352. The molecule has 0 aliphatic carbocycles. The Morgan fingerprint density at radius 1 is 1.43 bits per heavy atom. The number of nitrogens with one attached hydrogen (secondary N) is 1. The fraction of sp³-hybridized carbons (Fsp3) is 0.222. The van der Waals surface area contributed by atoms with Gasteiger partial charge in [0.15, 0.2) is 0 Å². The molecule has 0 aromatic heterocycles. The number of carbonyl (C=O) groups excluding carboxylic acids is 1. The Hall–Kier alpha value is -1.52. The number of rotatable bonds is 2.